The molecule has 27 heavy (non-hydrogen) atoms. The van der Waals surface area contributed by atoms with Gasteiger partial charge in [-0.2, -0.15) is 0 Å². The largest absolute Gasteiger partial charge is 0.491 e. The molecule has 8 heteroatoms. The van der Waals surface area contributed by atoms with Crippen molar-refractivity contribution in [3.8, 4) is 5.75 Å². The summed E-state index contributed by atoms with van der Waals surface area (Å²) < 4.78 is 10.5. The second kappa shape index (κ2) is 9.70. The van der Waals surface area contributed by atoms with E-state index >= 15 is 0 Å². The molecule has 0 radical (unpaired) electrons. The molecule has 8 nitrogen and oxygen atoms in total. The van der Waals surface area contributed by atoms with Crippen LogP contribution in [0.2, 0.25) is 0 Å². The zero-order valence-electron chi connectivity index (χ0n) is 15.5. The molecule has 0 saturated carbocycles. The summed E-state index contributed by atoms with van der Waals surface area (Å²) in [6.45, 7) is 3.60. The van der Waals surface area contributed by atoms with Gasteiger partial charge in [0.15, 0.2) is 6.61 Å². The van der Waals surface area contributed by atoms with Crippen LogP contribution in [0.15, 0.2) is 24.3 Å². The second-order valence-corrected chi connectivity index (χ2v) is 6.54. The van der Waals surface area contributed by atoms with Gasteiger partial charge in [0.2, 0.25) is 11.8 Å². The quantitative estimate of drug-likeness (QED) is 0.674. The van der Waals surface area contributed by atoms with Crippen molar-refractivity contribution in [1.29, 1.82) is 0 Å². The molecule has 1 aromatic carbocycles. The lowest BCUT2D eigenvalue weighted by molar-refractivity contribution is -0.149. The lowest BCUT2D eigenvalue weighted by atomic mass is 10.1. The average molecular weight is 376 g/mol. The standard InChI is InChI=1S/C19H24N2O6/c1-13(2)27-15-6-3-5-14(9-15)10-19(25)26-12-17(23)20-16(22)11-21-8-4-7-18(21)24/h3,5-6,9,13H,4,7-8,10-12H2,1-2H3,(H,20,22,23). The maximum Gasteiger partial charge on any atom is 0.310 e. The Morgan fingerprint density at radius 1 is 1.22 bits per heavy atom. The Morgan fingerprint density at radius 2 is 2.00 bits per heavy atom. The third-order valence-corrected chi connectivity index (χ3v) is 3.77. The van der Waals surface area contributed by atoms with E-state index in [1.54, 1.807) is 24.3 Å². The van der Waals surface area contributed by atoms with Crippen LogP contribution in [0, 0.1) is 0 Å². The van der Waals surface area contributed by atoms with Gasteiger partial charge in [-0.1, -0.05) is 12.1 Å². The molecule has 0 aromatic heterocycles. The van der Waals surface area contributed by atoms with Gasteiger partial charge in [0.25, 0.3) is 5.91 Å². The summed E-state index contributed by atoms with van der Waals surface area (Å²) in [7, 11) is 0. The van der Waals surface area contributed by atoms with E-state index < -0.39 is 24.4 Å². The van der Waals surface area contributed by atoms with Gasteiger partial charge in [0.1, 0.15) is 5.75 Å². The van der Waals surface area contributed by atoms with Crippen LogP contribution >= 0.6 is 0 Å². The second-order valence-electron chi connectivity index (χ2n) is 6.54. The van der Waals surface area contributed by atoms with E-state index in [4.69, 9.17) is 9.47 Å². The SMILES string of the molecule is CC(C)Oc1cccc(CC(=O)OCC(=O)NC(=O)CN2CCCC2=O)c1. The Kier molecular flexibility index (Phi) is 7.34. The van der Waals surface area contributed by atoms with Gasteiger partial charge < -0.3 is 14.4 Å². The summed E-state index contributed by atoms with van der Waals surface area (Å²) >= 11 is 0. The molecule has 0 bridgehead atoms. The molecule has 1 fully saturated rings. The monoisotopic (exact) mass is 376 g/mol. The van der Waals surface area contributed by atoms with Crippen molar-refractivity contribution in [3.05, 3.63) is 29.8 Å². The lowest BCUT2D eigenvalue weighted by Gasteiger charge is -2.14. The lowest BCUT2D eigenvalue weighted by Crippen LogP contribution is -2.42. The maximum atomic E-state index is 11.9. The van der Waals surface area contributed by atoms with Gasteiger partial charge in [-0.25, -0.2) is 0 Å². The van der Waals surface area contributed by atoms with Crippen LogP contribution in [-0.4, -0.2) is 54.4 Å². The fraction of sp³-hybridized carbons (Fsp3) is 0.474. The molecule has 1 aliphatic rings. The first-order valence-corrected chi connectivity index (χ1v) is 8.85. The Balaban J connectivity index is 1.72. The van der Waals surface area contributed by atoms with Crippen molar-refractivity contribution in [1.82, 2.24) is 10.2 Å². The number of ether oxygens (including phenoxy) is 2. The van der Waals surface area contributed by atoms with Crippen LogP contribution in [0.5, 0.6) is 5.75 Å². The highest BCUT2D eigenvalue weighted by Gasteiger charge is 2.23. The molecule has 1 saturated heterocycles. The van der Waals surface area contributed by atoms with E-state index in [9.17, 15) is 19.2 Å². The summed E-state index contributed by atoms with van der Waals surface area (Å²) in [6, 6.07) is 7.05. The zero-order chi connectivity index (χ0) is 19.8. The summed E-state index contributed by atoms with van der Waals surface area (Å²) in [6.07, 6.45) is 1.13. The molecule has 2 rings (SSSR count). The van der Waals surface area contributed by atoms with E-state index in [1.807, 2.05) is 13.8 Å². The smallest absolute Gasteiger partial charge is 0.310 e. The fourth-order valence-electron chi connectivity index (χ4n) is 2.64. The minimum atomic E-state index is -0.725. The van der Waals surface area contributed by atoms with Crippen LogP contribution in [0.1, 0.15) is 32.3 Å². The first kappa shape index (κ1) is 20.4. The fourth-order valence-corrected chi connectivity index (χ4v) is 2.64. The van der Waals surface area contributed by atoms with Gasteiger partial charge in [0, 0.05) is 13.0 Å². The molecule has 1 aliphatic heterocycles. The number of carbonyl (C=O) groups is 4. The molecule has 1 heterocycles. The number of hydrogen-bond donors (Lipinski definition) is 1. The Labute approximate surface area is 157 Å². The minimum absolute atomic E-state index is 0.0151. The Hall–Kier alpha value is -2.90. The van der Waals surface area contributed by atoms with Crippen molar-refractivity contribution in [3.63, 3.8) is 0 Å². The highest BCUT2D eigenvalue weighted by molar-refractivity contribution is 5.98. The van der Waals surface area contributed by atoms with Crippen LogP contribution in [0.4, 0.5) is 0 Å². The number of esters is 1. The van der Waals surface area contributed by atoms with Crippen molar-refractivity contribution < 1.29 is 28.7 Å². The number of hydrogen-bond acceptors (Lipinski definition) is 6. The zero-order valence-corrected chi connectivity index (χ0v) is 15.5. The maximum absolute atomic E-state index is 11.9. The molecule has 0 unspecified atom stereocenters. The molecule has 146 valence electrons. The van der Waals surface area contributed by atoms with Crippen molar-refractivity contribution in [2.45, 2.75) is 39.2 Å². The van der Waals surface area contributed by atoms with Gasteiger partial charge in [-0.05, 0) is 38.0 Å². The van der Waals surface area contributed by atoms with Crippen LogP contribution < -0.4 is 10.1 Å². The molecule has 3 amide bonds. The number of amides is 3. The van der Waals surface area contributed by atoms with Gasteiger partial charge >= 0.3 is 5.97 Å². The highest BCUT2D eigenvalue weighted by Crippen LogP contribution is 2.15. The summed E-state index contributed by atoms with van der Waals surface area (Å²) in [5, 5.41) is 2.11. The van der Waals surface area contributed by atoms with Gasteiger partial charge in [-0.15, -0.1) is 0 Å². The number of benzene rings is 1. The highest BCUT2D eigenvalue weighted by atomic mass is 16.5. The van der Waals surface area contributed by atoms with Crippen LogP contribution in [0.25, 0.3) is 0 Å². The molecular weight excluding hydrogens is 352 g/mol. The third kappa shape index (κ3) is 7.08. The first-order chi connectivity index (χ1) is 12.8. The Bertz CT molecular complexity index is 716. The van der Waals surface area contributed by atoms with Crippen molar-refractivity contribution >= 4 is 23.7 Å². The summed E-state index contributed by atoms with van der Waals surface area (Å²) in [4.78, 5) is 48.2. The molecule has 1 aromatic rings. The molecular formula is C19H24N2O6. The van der Waals surface area contributed by atoms with Gasteiger partial charge in [0.05, 0.1) is 19.1 Å². The topological polar surface area (TPSA) is 102 Å². The Morgan fingerprint density at radius 3 is 2.67 bits per heavy atom. The van der Waals surface area contributed by atoms with E-state index in [2.05, 4.69) is 5.32 Å². The number of nitrogens with zero attached hydrogens (tertiary/aromatic N) is 1. The number of nitrogens with one attached hydrogen (secondary N) is 1. The molecule has 1 N–H and O–H groups in total. The summed E-state index contributed by atoms with van der Waals surface area (Å²) in [5.41, 5.74) is 0.696. The number of likely N-dealkylation sites (tertiary alicyclic amines) is 1. The number of rotatable bonds is 8. The predicted octanol–water partition coefficient (Wildman–Crippen LogP) is 0.825. The molecule has 0 atom stereocenters. The van der Waals surface area contributed by atoms with Crippen molar-refractivity contribution in [2.75, 3.05) is 19.7 Å². The summed E-state index contributed by atoms with van der Waals surface area (Å²) in [5.74, 6) is -1.36. The number of carbonyl (C=O) groups excluding carboxylic acids is 4. The van der Waals surface area contributed by atoms with Gasteiger partial charge in [-0.3, -0.25) is 24.5 Å². The molecule has 0 spiro atoms. The minimum Gasteiger partial charge on any atom is -0.491 e. The van der Waals surface area contributed by atoms with E-state index in [1.165, 1.54) is 4.90 Å². The van der Waals surface area contributed by atoms with Crippen LogP contribution in [-0.2, 0) is 30.3 Å². The van der Waals surface area contributed by atoms with Crippen molar-refractivity contribution in [2.24, 2.45) is 0 Å². The number of imide groups is 1. The predicted molar refractivity (Wildman–Crippen MR) is 95.8 cm³/mol. The van der Waals surface area contributed by atoms with Crippen LogP contribution in [0.3, 0.4) is 0 Å². The third-order valence-electron chi connectivity index (χ3n) is 3.77. The first-order valence-electron chi connectivity index (χ1n) is 8.85. The normalized spacial score (nSPS) is 13.6. The average Bonchev–Trinajstić information content (AvgIpc) is 2.97. The molecule has 0 aliphatic carbocycles. The van der Waals surface area contributed by atoms with E-state index in [-0.39, 0.29) is 25.0 Å². The van der Waals surface area contributed by atoms with E-state index in [0.29, 0.717) is 30.7 Å². The van der Waals surface area contributed by atoms with E-state index in [0.717, 1.165) is 0 Å².